The van der Waals surface area contributed by atoms with E-state index < -0.39 is 0 Å². The average Bonchev–Trinajstić information content (AvgIpc) is 3.43. The number of rotatable bonds is 8. The smallest absolute Gasteiger partial charge is 0.282 e. The third-order valence-electron chi connectivity index (χ3n) is 13.9. The molecule has 9 rings (SSSR count). The summed E-state index contributed by atoms with van der Waals surface area (Å²) in [5.41, 5.74) is 9.14. The quantitative estimate of drug-likeness (QED) is 0.180. The summed E-state index contributed by atoms with van der Waals surface area (Å²) < 4.78 is 2.18. The fourth-order valence-corrected chi connectivity index (χ4v) is 10.8. The molecule has 1 N–H and O–H groups in total. The van der Waals surface area contributed by atoms with Crippen LogP contribution in [0.4, 0.5) is 5.69 Å². The van der Waals surface area contributed by atoms with Crippen molar-refractivity contribution in [2.45, 2.75) is 102 Å². The van der Waals surface area contributed by atoms with E-state index in [-0.39, 0.29) is 22.8 Å². The molecule has 294 valence electrons. The number of aromatic nitrogens is 2. The van der Waals surface area contributed by atoms with Crippen LogP contribution in [-0.2, 0) is 15.0 Å². The largest absolute Gasteiger partial charge is 0.303 e. The number of carbonyl (C=O) groups is 2. The highest BCUT2D eigenvalue weighted by Crippen LogP contribution is 2.45. The molecule has 1 saturated carbocycles. The first-order chi connectivity index (χ1) is 27.1. The first kappa shape index (κ1) is 37.5. The zero-order valence-corrected chi connectivity index (χ0v) is 33.7. The summed E-state index contributed by atoms with van der Waals surface area (Å²) in [6, 6.07) is 21.0. The third kappa shape index (κ3) is 7.20. The first-order valence-corrected chi connectivity index (χ1v) is 21.5. The van der Waals surface area contributed by atoms with Crippen LogP contribution in [0.25, 0.3) is 16.6 Å². The highest BCUT2D eigenvalue weighted by molar-refractivity contribution is 6.35. The minimum Gasteiger partial charge on any atom is -0.303 e. The fourth-order valence-electron chi connectivity index (χ4n) is 10.6. The van der Waals surface area contributed by atoms with E-state index >= 15 is 0 Å². The van der Waals surface area contributed by atoms with Gasteiger partial charge in [0.1, 0.15) is 5.82 Å². The van der Waals surface area contributed by atoms with Gasteiger partial charge in [0, 0.05) is 25.9 Å². The second-order valence-corrected chi connectivity index (χ2v) is 18.3. The predicted molar refractivity (Wildman–Crippen MR) is 223 cm³/mol. The van der Waals surface area contributed by atoms with Crippen molar-refractivity contribution in [1.82, 2.24) is 24.4 Å². The monoisotopic (exact) mass is 774 g/mol. The lowest BCUT2D eigenvalue weighted by atomic mass is 9.80. The van der Waals surface area contributed by atoms with Crippen LogP contribution in [0.1, 0.15) is 119 Å². The Labute approximate surface area is 335 Å². The van der Waals surface area contributed by atoms with Gasteiger partial charge in [-0.2, -0.15) is 9.99 Å². The topological polar surface area (TPSA) is 90.8 Å². The Morgan fingerprint density at radius 1 is 0.732 bits per heavy atom. The Kier molecular flexibility index (Phi) is 10.3. The molecule has 3 saturated heterocycles. The van der Waals surface area contributed by atoms with Crippen molar-refractivity contribution < 1.29 is 9.59 Å². The van der Waals surface area contributed by atoms with Gasteiger partial charge in [-0.25, -0.2) is 0 Å². The van der Waals surface area contributed by atoms with E-state index in [4.69, 9.17) is 11.6 Å². The minimum absolute atomic E-state index is 0.146. The van der Waals surface area contributed by atoms with Crippen molar-refractivity contribution in [2.75, 3.05) is 44.7 Å². The number of hydrazine groups is 1. The van der Waals surface area contributed by atoms with E-state index in [1.54, 1.807) is 6.07 Å². The Morgan fingerprint density at radius 3 is 1.91 bits per heavy atom. The number of nitrogens with zero attached hydrogens (tertiary/aromatic N) is 5. The molecule has 1 aliphatic carbocycles. The van der Waals surface area contributed by atoms with E-state index in [9.17, 15) is 14.4 Å². The van der Waals surface area contributed by atoms with Gasteiger partial charge in [0.25, 0.3) is 5.56 Å². The van der Waals surface area contributed by atoms with Gasteiger partial charge in [0.05, 0.1) is 32.7 Å². The van der Waals surface area contributed by atoms with Crippen molar-refractivity contribution in [1.29, 1.82) is 0 Å². The number of fused-ring (bicyclic) bond motifs is 5. The lowest BCUT2D eigenvalue weighted by Gasteiger charge is -2.39. The number of halogens is 1. The van der Waals surface area contributed by atoms with Crippen LogP contribution in [-0.4, -0.2) is 75.4 Å². The van der Waals surface area contributed by atoms with Gasteiger partial charge >= 0.3 is 0 Å². The van der Waals surface area contributed by atoms with Crippen LogP contribution < -0.4 is 11.0 Å². The van der Waals surface area contributed by atoms with E-state index in [1.165, 1.54) is 86.2 Å². The molecular weight excluding hydrogens is 720 g/mol. The maximum Gasteiger partial charge on any atom is 0.282 e. The number of hydrogen-bond donors (Lipinski definition) is 1. The SMILES string of the molecule is CC1(C)c2ccc(C3CCN(CC4CCC(CN5CCC(c6ccc(NN7C(=O)CCCC7=O)cc6)CC5)CC4)CC3)cc2-n2c1nc(=O)c1c(Cl)cccc12. The summed E-state index contributed by atoms with van der Waals surface area (Å²) in [7, 11) is 0. The summed E-state index contributed by atoms with van der Waals surface area (Å²) in [5.74, 6) is 3.22. The number of likely N-dealkylation sites (tertiary alicyclic amines) is 2. The summed E-state index contributed by atoms with van der Waals surface area (Å²) in [6.07, 6.45) is 11.6. The third-order valence-corrected chi connectivity index (χ3v) is 14.2. The summed E-state index contributed by atoms with van der Waals surface area (Å²) in [4.78, 5) is 47.4. The zero-order valence-electron chi connectivity index (χ0n) is 32.9. The Hall–Kier alpha value is -4.05. The van der Waals surface area contributed by atoms with Gasteiger partial charge in [0.2, 0.25) is 11.8 Å². The predicted octanol–water partition coefficient (Wildman–Crippen LogP) is 8.41. The van der Waals surface area contributed by atoms with Crippen molar-refractivity contribution in [3.63, 3.8) is 0 Å². The molecule has 4 aromatic rings. The van der Waals surface area contributed by atoms with Crippen LogP contribution in [0, 0.1) is 11.8 Å². The maximum absolute atomic E-state index is 13.1. The van der Waals surface area contributed by atoms with Crippen LogP contribution in [0.15, 0.2) is 65.5 Å². The standard InChI is InChI=1S/C46H55ClN6O3/c1-46(2)37-18-15-35(27-40(37)52-39-6-3-5-38(47)43(39)44(56)48-45(46)52)34-21-25-51(26-22-34)29-31-11-9-30(10-12-31)28-50-23-19-33(20-24-50)32-13-16-36(17-14-32)49-53-41(54)7-4-8-42(53)55/h3,5-6,13-18,27,30-31,33-34,49H,4,7-12,19-26,28-29H2,1-2H3. The number of piperidine rings is 3. The summed E-state index contributed by atoms with van der Waals surface area (Å²) >= 11 is 6.52. The van der Waals surface area contributed by atoms with E-state index in [0.717, 1.165) is 60.7 Å². The van der Waals surface area contributed by atoms with E-state index in [1.807, 2.05) is 24.3 Å². The van der Waals surface area contributed by atoms with Gasteiger partial charge in [-0.05, 0) is 169 Å². The lowest BCUT2D eigenvalue weighted by Crippen LogP contribution is -2.44. The molecule has 0 bridgehead atoms. The molecule has 0 radical (unpaired) electrons. The summed E-state index contributed by atoms with van der Waals surface area (Å²) in [6.45, 7) is 11.4. The molecule has 9 nitrogen and oxygen atoms in total. The highest BCUT2D eigenvalue weighted by Gasteiger charge is 2.39. The number of hydrogen-bond acceptors (Lipinski definition) is 7. The van der Waals surface area contributed by atoms with Crippen LogP contribution in [0.3, 0.4) is 0 Å². The second kappa shape index (κ2) is 15.4. The Bertz CT molecular complexity index is 2160. The number of benzene rings is 3. The van der Waals surface area contributed by atoms with Crippen molar-refractivity contribution in [3.8, 4) is 5.69 Å². The number of anilines is 1. The van der Waals surface area contributed by atoms with Crippen molar-refractivity contribution in [2.24, 2.45) is 11.8 Å². The van der Waals surface area contributed by atoms with Crippen LogP contribution in [0.5, 0.6) is 0 Å². The van der Waals surface area contributed by atoms with Gasteiger partial charge in [-0.15, -0.1) is 0 Å². The van der Waals surface area contributed by atoms with Gasteiger partial charge in [-0.3, -0.25) is 24.4 Å². The molecule has 0 atom stereocenters. The molecule has 0 unspecified atom stereocenters. The second-order valence-electron chi connectivity index (χ2n) is 17.9. The van der Waals surface area contributed by atoms with E-state index in [2.05, 4.69) is 69.0 Å². The van der Waals surface area contributed by atoms with Gasteiger partial charge in [0.15, 0.2) is 0 Å². The molecule has 4 aliphatic heterocycles. The molecule has 4 fully saturated rings. The zero-order chi connectivity index (χ0) is 38.6. The average molecular weight is 775 g/mol. The fraction of sp³-hybridized carbons (Fsp3) is 0.522. The minimum atomic E-state index is -0.363. The highest BCUT2D eigenvalue weighted by atomic mass is 35.5. The maximum atomic E-state index is 13.1. The molecule has 10 heteroatoms. The Morgan fingerprint density at radius 2 is 1.30 bits per heavy atom. The Balaban J connectivity index is 0.729. The number of amides is 2. The molecule has 1 aromatic heterocycles. The van der Waals surface area contributed by atoms with Crippen molar-refractivity contribution >= 4 is 40.0 Å². The molecule has 5 aliphatic rings. The number of nitrogens with one attached hydrogen (secondary N) is 1. The molecule has 3 aromatic carbocycles. The molecule has 56 heavy (non-hydrogen) atoms. The van der Waals surface area contributed by atoms with Crippen LogP contribution >= 0.6 is 11.6 Å². The van der Waals surface area contributed by atoms with Crippen molar-refractivity contribution in [3.05, 3.63) is 98.6 Å². The molecule has 5 heterocycles. The first-order valence-electron chi connectivity index (χ1n) is 21.2. The molecule has 2 amide bonds. The van der Waals surface area contributed by atoms with Crippen LogP contribution in [0.2, 0.25) is 5.02 Å². The number of carbonyl (C=O) groups excluding carboxylic acids is 2. The van der Waals surface area contributed by atoms with E-state index in [0.29, 0.717) is 41.5 Å². The summed E-state index contributed by atoms with van der Waals surface area (Å²) in [5, 5.41) is 2.14. The normalized spacial score (nSPS) is 23.7. The molecule has 0 spiro atoms. The lowest BCUT2D eigenvalue weighted by molar-refractivity contribution is -0.146. The number of imide groups is 1. The van der Waals surface area contributed by atoms with Gasteiger partial charge in [-0.1, -0.05) is 41.9 Å². The molecular formula is C46H55ClN6O3. The van der Waals surface area contributed by atoms with Gasteiger partial charge < -0.3 is 9.80 Å².